The molecule has 0 radical (unpaired) electrons. The Kier molecular flexibility index (Phi) is 4.12. The van der Waals surface area contributed by atoms with E-state index in [1.54, 1.807) is 0 Å². The fraction of sp³-hybridized carbons (Fsp3) is 1.00. The highest BCUT2D eigenvalue weighted by Gasteiger charge is 1.99. The summed E-state index contributed by atoms with van der Waals surface area (Å²) in [6, 6.07) is 0. The topological polar surface area (TPSA) is 55.4 Å². The molecule has 0 rings (SSSR count). The molecule has 1 N–H and O–H groups in total. The number of hydrogen-bond acceptors (Lipinski definition) is 3. The molecule has 0 unspecified atom stereocenters. The van der Waals surface area contributed by atoms with Gasteiger partial charge in [0, 0.05) is 24.3 Å². The molecule has 0 bridgehead atoms. The standard InChI is InChI=1S/C3H8ClNO3S/c1-8-3-2-5-9(4,6)7/h5H,2-3H2,1H3. The third-order valence-corrected chi connectivity index (χ3v) is 1.46. The maximum Gasteiger partial charge on any atom is 0.297 e. The maximum absolute atomic E-state index is 10.1. The minimum Gasteiger partial charge on any atom is -0.383 e. The van der Waals surface area contributed by atoms with Gasteiger partial charge in [0.15, 0.2) is 0 Å². The van der Waals surface area contributed by atoms with Crippen LogP contribution in [0.15, 0.2) is 0 Å². The minimum atomic E-state index is -3.55. The first-order chi connectivity index (χ1) is 4.06. The predicted octanol–water partition coefficient (Wildman–Crippen LogP) is -0.294. The van der Waals surface area contributed by atoms with Gasteiger partial charge in [0.05, 0.1) is 6.61 Å². The molecule has 0 amide bonds. The third-order valence-electron chi connectivity index (χ3n) is 0.581. The van der Waals surface area contributed by atoms with Gasteiger partial charge in [-0.2, -0.15) is 13.1 Å². The number of hydrogen-bond donors (Lipinski definition) is 1. The Morgan fingerprint density at radius 2 is 2.22 bits per heavy atom. The minimum absolute atomic E-state index is 0.211. The summed E-state index contributed by atoms with van der Waals surface area (Å²) in [4.78, 5) is 0. The molecule has 0 aromatic carbocycles. The normalized spacial score (nSPS) is 11.8. The van der Waals surface area contributed by atoms with Crippen molar-refractivity contribution in [3.05, 3.63) is 0 Å². The quantitative estimate of drug-likeness (QED) is 0.470. The molecule has 0 spiro atoms. The van der Waals surface area contributed by atoms with E-state index in [1.807, 2.05) is 4.72 Å². The van der Waals surface area contributed by atoms with E-state index in [9.17, 15) is 8.42 Å². The van der Waals surface area contributed by atoms with Crippen LogP contribution in [-0.4, -0.2) is 28.7 Å². The maximum atomic E-state index is 10.1. The zero-order valence-corrected chi connectivity index (χ0v) is 6.50. The number of nitrogens with one attached hydrogen (secondary N) is 1. The van der Waals surface area contributed by atoms with Gasteiger partial charge in [0.25, 0.3) is 9.24 Å². The lowest BCUT2D eigenvalue weighted by Gasteiger charge is -1.96. The van der Waals surface area contributed by atoms with Crippen LogP contribution in [0.1, 0.15) is 0 Å². The van der Waals surface area contributed by atoms with Crippen LogP contribution >= 0.6 is 10.7 Å². The van der Waals surface area contributed by atoms with Crippen LogP contribution in [0.25, 0.3) is 0 Å². The van der Waals surface area contributed by atoms with Crippen LogP contribution < -0.4 is 4.72 Å². The van der Waals surface area contributed by atoms with E-state index in [0.29, 0.717) is 6.61 Å². The van der Waals surface area contributed by atoms with E-state index in [2.05, 4.69) is 4.74 Å². The molecule has 0 aliphatic heterocycles. The van der Waals surface area contributed by atoms with E-state index >= 15 is 0 Å². The van der Waals surface area contributed by atoms with Crippen LogP contribution in [0.3, 0.4) is 0 Å². The van der Waals surface area contributed by atoms with Crippen molar-refractivity contribution in [2.45, 2.75) is 0 Å². The predicted molar refractivity (Wildman–Crippen MR) is 34.7 cm³/mol. The molecule has 0 atom stereocenters. The Labute approximate surface area is 58.7 Å². The SMILES string of the molecule is COCCNS(=O)(=O)Cl. The van der Waals surface area contributed by atoms with Gasteiger partial charge in [-0.25, -0.2) is 0 Å². The largest absolute Gasteiger partial charge is 0.383 e. The zero-order valence-electron chi connectivity index (χ0n) is 4.93. The highest BCUT2D eigenvalue weighted by Crippen LogP contribution is 1.86. The lowest BCUT2D eigenvalue weighted by Crippen LogP contribution is -2.22. The van der Waals surface area contributed by atoms with Gasteiger partial charge in [0.1, 0.15) is 0 Å². The Bertz CT molecular complexity index is 154. The smallest absolute Gasteiger partial charge is 0.297 e. The molecule has 6 heteroatoms. The van der Waals surface area contributed by atoms with Crippen molar-refractivity contribution >= 4 is 19.9 Å². The lowest BCUT2D eigenvalue weighted by molar-refractivity contribution is 0.204. The summed E-state index contributed by atoms with van der Waals surface area (Å²) in [5.74, 6) is 0. The van der Waals surface area contributed by atoms with Crippen LogP contribution in [0, 0.1) is 0 Å². The Hall–Kier alpha value is 0.160. The van der Waals surface area contributed by atoms with Crippen molar-refractivity contribution in [1.82, 2.24) is 4.72 Å². The van der Waals surface area contributed by atoms with Crippen molar-refractivity contribution in [2.75, 3.05) is 20.3 Å². The molecule has 0 aliphatic carbocycles. The molecule has 4 nitrogen and oxygen atoms in total. The van der Waals surface area contributed by atoms with Crippen molar-refractivity contribution in [3.8, 4) is 0 Å². The van der Waals surface area contributed by atoms with Crippen LogP contribution in [0.2, 0.25) is 0 Å². The molecule has 0 aromatic rings. The third kappa shape index (κ3) is 8.16. The first kappa shape index (κ1) is 9.16. The van der Waals surface area contributed by atoms with Gasteiger partial charge in [0.2, 0.25) is 0 Å². The molecule has 0 aromatic heterocycles. The van der Waals surface area contributed by atoms with Gasteiger partial charge in [-0.1, -0.05) is 0 Å². The van der Waals surface area contributed by atoms with Gasteiger partial charge in [-0.3, -0.25) is 0 Å². The zero-order chi connectivity index (χ0) is 7.33. The summed E-state index contributed by atoms with van der Waals surface area (Å²) in [7, 11) is 2.70. The number of halogens is 1. The van der Waals surface area contributed by atoms with Gasteiger partial charge < -0.3 is 4.74 Å². The molecule has 0 heterocycles. The molecule has 0 saturated carbocycles. The second-order valence-electron chi connectivity index (χ2n) is 1.32. The summed E-state index contributed by atoms with van der Waals surface area (Å²) in [6.45, 7) is 0.536. The van der Waals surface area contributed by atoms with Crippen LogP contribution in [0.4, 0.5) is 0 Å². The second kappa shape index (κ2) is 4.05. The van der Waals surface area contributed by atoms with E-state index in [1.165, 1.54) is 7.11 Å². The molecule has 0 aliphatic rings. The summed E-state index contributed by atoms with van der Waals surface area (Å²) in [5, 5.41) is 0. The Morgan fingerprint density at radius 1 is 1.67 bits per heavy atom. The van der Waals surface area contributed by atoms with Crippen molar-refractivity contribution in [1.29, 1.82) is 0 Å². The number of rotatable bonds is 4. The highest BCUT2D eigenvalue weighted by molar-refractivity contribution is 8.12. The fourth-order valence-electron chi connectivity index (χ4n) is 0.266. The average molecular weight is 174 g/mol. The fourth-order valence-corrected chi connectivity index (χ4v) is 0.824. The lowest BCUT2D eigenvalue weighted by atomic mass is 10.7. The molecule has 0 fully saturated rings. The first-order valence-corrected chi connectivity index (χ1v) is 4.55. The van der Waals surface area contributed by atoms with E-state index in [4.69, 9.17) is 10.7 Å². The van der Waals surface area contributed by atoms with Gasteiger partial charge in [-0.05, 0) is 0 Å². The van der Waals surface area contributed by atoms with E-state index in [0.717, 1.165) is 0 Å². The second-order valence-corrected chi connectivity index (χ2v) is 3.71. The van der Waals surface area contributed by atoms with Gasteiger partial charge in [-0.15, -0.1) is 0 Å². The number of ether oxygens (including phenoxy) is 1. The summed E-state index contributed by atoms with van der Waals surface area (Å²) >= 11 is 0. The van der Waals surface area contributed by atoms with E-state index < -0.39 is 9.24 Å². The Morgan fingerprint density at radius 3 is 2.56 bits per heavy atom. The molecule has 56 valence electrons. The Balaban J connectivity index is 3.30. The van der Waals surface area contributed by atoms with Crippen molar-refractivity contribution < 1.29 is 13.2 Å². The monoisotopic (exact) mass is 173 g/mol. The van der Waals surface area contributed by atoms with E-state index in [-0.39, 0.29) is 6.54 Å². The highest BCUT2D eigenvalue weighted by atomic mass is 35.7. The van der Waals surface area contributed by atoms with Gasteiger partial charge >= 0.3 is 0 Å². The molecular formula is C3H8ClNO3S. The molecular weight excluding hydrogens is 166 g/mol. The first-order valence-electron chi connectivity index (χ1n) is 2.24. The van der Waals surface area contributed by atoms with Crippen molar-refractivity contribution in [2.24, 2.45) is 0 Å². The number of methoxy groups -OCH3 is 1. The van der Waals surface area contributed by atoms with Crippen LogP contribution in [0.5, 0.6) is 0 Å². The molecule has 9 heavy (non-hydrogen) atoms. The average Bonchev–Trinajstić information content (AvgIpc) is 1.63. The molecule has 0 saturated heterocycles. The van der Waals surface area contributed by atoms with Crippen molar-refractivity contribution in [3.63, 3.8) is 0 Å². The summed E-state index contributed by atoms with van der Waals surface area (Å²) < 4.78 is 26.8. The van der Waals surface area contributed by atoms with Crippen LogP contribution in [-0.2, 0) is 14.0 Å². The summed E-state index contributed by atoms with van der Waals surface area (Å²) in [6.07, 6.45) is 0. The summed E-state index contributed by atoms with van der Waals surface area (Å²) in [5.41, 5.74) is 0.